The van der Waals surface area contributed by atoms with E-state index in [2.05, 4.69) is 0 Å². The molecule has 2 aromatic carbocycles. The molecular formula is C22H27NO5S. The highest BCUT2D eigenvalue weighted by atomic mass is 32.2. The SMILES string of the molecule is COc1ccc(S(=O)(=O)N2CCC(C(=O)c3ccc(C)cc3C)CC2)cc1OC. The number of Topliss-reactive ketones (excluding diaryl/α,β-unsaturated/α-hetero) is 1. The summed E-state index contributed by atoms with van der Waals surface area (Å²) in [4.78, 5) is 13.1. The van der Waals surface area contributed by atoms with E-state index < -0.39 is 10.0 Å². The van der Waals surface area contributed by atoms with E-state index in [0.29, 0.717) is 37.4 Å². The molecule has 0 bridgehead atoms. The topological polar surface area (TPSA) is 72.9 Å². The number of piperidine rings is 1. The summed E-state index contributed by atoms with van der Waals surface area (Å²) in [5, 5.41) is 0. The molecule has 6 nitrogen and oxygen atoms in total. The van der Waals surface area contributed by atoms with Gasteiger partial charge in [-0.05, 0) is 44.4 Å². The van der Waals surface area contributed by atoms with E-state index in [-0.39, 0.29) is 16.6 Å². The van der Waals surface area contributed by atoms with Crippen LogP contribution >= 0.6 is 0 Å². The fraction of sp³-hybridized carbons (Fsp3) is 0.409. The minimum Gasteiger partial charge on any atom is -0.493 e. The summed E-state index contributed by atoms with van der Waals surface area (Å²) in [5.74, 6) is 0.789. The zero-order valence-corrected chi connectivity index (χ0v) is 18.1. The second-order valence-corrected chi connectivity index (χ2v) is 9.32. The van der Waals surface area contributed by atoms with Crippen molar-refractivity contribution >= 4 is 15.8 Å². The number of carbonyl (C=O) groups excluding carboxylic acids is 1. The molecule has 0 radical (unpaired) electrons. The zero-order valence-electron chi connectivity index (χ0n) is 17.3. The maximum absolute atomic E-state index is 13.0. The molecule has 1 aliphatic heterocycles. The smallest absolute Gasteiger partial charge is 0.243 e. The first-order chi connectivity index (χ1) is 13.8. The second-order valence-electron chi connectivity index (χ2n) is 7.38. The average Bonchev–Trinajstić information content (AvgIpc) is 2.72. The molecule has 3 rings (SSSR count). The summed E-state index contributed by atoms with van der Waals surface area (Å²) in [7, 11) is -0.686. The van der Waals surface area contributed by atoms with Crippen LogP contribution in [0.4, 0.5) is 0 Å². The average molecular weight is 418 g/mol. The van der Waals surface area contributed by atoms with Crippen LogP contribution in [-0.4, -0.2) is 45.8 Å². The summed E-state index contributed by atoms with van der Waals surface area (Å²) in [6, 6.07) is 10.4. The van der Waals surface area contributed by atoms with Gasteiger partial charge in [-0.1, -0.05) is 23.8 Å². The van der Waals surface area contributed by atoms with Gasteiger partial charge in [0.2, 0.25) is 10.0 Å². The number of methoxy groups -OCH3 is 2. The monoisotopic (exact) mass is 417 g/mol. The van der Waals surface area contributed by atoms with Gasteiger partial charge >= 0.3 is 0 Å². The third-order valence-corrected chi connectivity index (χ3v) is 7.36. The highest BCUT2D eigenvalue weighted by Crippen LogP contribution is 2.32. The molecule has 0 spiro atoms. The highest BCUT2D eigenvalue weighted by Gasteiger charge is 2.33. The first-order valence-corrected chi connectivity index (χ1v) is 11.1. The normalized spacial score (nSPS) is 15.9. The molecule has 156 valence electrons. The van der Waals surface area contributed by atoms with Crippen molar-refractivity contribution in [1.29, 1.82) is 0 Å². The number of ether oxygens (including phenoxy) is 2. The van der Waals surface area contributed by atoms with E-state index in [9.17, 15) is 13.2 Å². The van der Waals surface area contributed by atoms with Gasteiger partial charge < -0.3 is 9.47 Å². The summed E-state index contributed by atoms with van der Waals surface area (Å²) >= 11 is 0. The predicted octanol–water partition coefficient (Wildman–Crippen LogP) is 3.60. The Hall–Kier alpha value is -2.38. The zero-order chi connectivity index (χ0) is 21.2. The minimum atomic E-state index is -3.66. The first kappa shape index (κ1) is 21.3. The van der Waals surface area contributed by atoms with Gasteiger partial charge in [0.05, 0.1) is 19.1 Å². The van der Waals surface area contributed by atoms with Crippen LogP contribution in [0.5, 0.6) is 11.5 Å². The third-order valence-electron chi connectivity index (χ3n) is 5.46. The lowest BCUT2D eigenvalue weighted by atomic mass is 9.87. The molecule has 1 fully saturated rings. The van der Waals surface area contributed by atoms with Gasteiger partial charge in [0.1, 0.15) is 0 Å². The Morgan fingerprint density at radius 2 is 1.62 bits per heavy atom. The van der Waals surface area contributed by atoms with Crippen molar-refractivity contribution in [1.82, 2.24) is 4.31 Å². The third kappa shape index (κ3) is 4.31. The van der Waals surface area contributed by atoms with Crippen LogP contribution in [0.2, 0.25) is 0 Å². The largest absolute Gasteiger partial charge is 0.493 e. The fourth-order valence-corrected chi connectivity index (χ4v) is 5.28. The Kier molecular flexibility index (Phi) is 6.29. The lowest BCUT2D eigenvalue weighted by molar-refractivity contribution is 0.0874. The lowest BCUT2D eigenvalue weighted by Crippen LogP contribution is -2.40. The van der Waals surface area contributed by atoms with Gasteiger partial charge in [-0.2, -0.15) is 4.31 Å². The first-order valence-electron chi connectivity index (χ1n) is 9.61. The standard InChI is InChI=1S/C22H27NO5S/c1-15-5-7-19(16(2)13-15)22(24)17-9-11-23(12-10-17)29(25,26)18-6-8-20(27-3)21(14-18)28-4/h5-8,13-14,17H,9-12H2,1-4H3. The molecular weight excluding hydrogens is 390 g/mol. The number of hydrogen-bond donors (Lipinski definition) is 0. The van der Waals surface area contributed by atoms with Crippen LogP contribution in [0.25, 0.3) is 0 Å². The van der Waals surface area contributed by atoms with Crippen LogP contribution in [0.1, 0.15) is 34.3 Å². The minimum absolute atomic E-state index is 0.102. The van der Waals surface area contributed by atoms with E-state index in [4.69, 9.17) is 9.47 Å². The molecule has 1 saturated heterocycles. The van der Waals surface area contributed by atoms with Crippen LogP contribution < -0.4 is 9.47 Å². The molecule has 1 aliphatic rings. The number of carbonyl (C=O) groups is 1. The van der Waals surface area contributed by atoms with Crippen molar-refractivity contribution in [3.63, 3.8) is 0 Å². The van der Waals surface area contributed by atoms with E-state index in [1.165, 1.54) is 30.7 Å². The summed E-state index contributed by atoms with van der Waals surface area (Å²) in [6.45, 7) is 4.58. The van der Waals surface area contributed by atoms with Gasteiger partial charge in [0.15, 0.2) is 17.3 Å². The van der Waals surface area contributed by atoms with E-state index in [1.807, 2.05) is 32.0 Å². The molecule has 0 atom stereocenters. The number of hydrogen-bond acceptors (Lipinski definition) is 5. The summed E-state index contributed by atoms with van der Waals surface area (Å²) in [6.07, 6.45) is 1.03. The number of rotatable bonds is 6. The molecule has 2 aromatic rings. The number of nitrogens with zero attached hydrogens (tertiary/aromatic N) is 1. The number of sulfonamides is 1. The van der Waals surface area contributed by atoms with Gasteiger partial charge in [-0.15, -0.1) is 0 Å². The van der Waals surface area contributed by atoms with Crippen molar-refractivity contribution < 1.29 is 22.7 Å². The van der Waals surface area contributed by atoms with Crippen molar-refractivity contribution in [3.8, 4) is 11.5 Å². The molecule has 0 N–H and O–H groups in total. The molecule has 0 aliphatic carbocycles. The maximum Gasteiger partial charge on any atom is 0.243 e. The van der Waals surface area contributed by atoms with Gasteiger partial charge in [-0.3, -0.25) is 4.79 Å². The van der Waals surface area contributed by atoms with Crippen LogP contribution in [-0.2, 0) is 10.0 Å². The highest BCUT2D eigenvalue weighted by molar-refractivity contribution is 7.89. The molecule has 0 aromatic heterocycles. The Bertz CT molecular complexity index is 1010. The van der Waals surface area contributed by atoms with Gasteiger partial charge in [0.25, 0.3) is 0 Å². The molecule has 7 heteroatoms. The number of benzene rings is 2. The lowest BCUT2D eigenvalue weighted by Gasteiger charge is -2.31. The quantitative estimate of drug-likeness (QED) is 0.672. The Morgan fingerprint density at radius 3 is 2.21 bits per heavy atom. The predicted molar refractivity (Wildman–Crippen MR) is 111 cm³/mol. The van der Waals surface area contributed by atoms with Crippen molar-refractivity contribution in [2.45, 2.75) is 31.6 Å². The molecule has 0 unspecified atom stereocenters. The second kappa shape index (κ2) is 8.55. The van der Waals surface area contributed by atoms with Crippen LogP contribution in [0.3, 0.4) is 0 Å². The Labute approximate surface area is 172 Å². The Balaban J connectivity index is 1.73. The number of ketones is 1. The van der Waals surface area contributed by atoms with E-state index in [1.54, 1.807) is 6.07 Å². The van der Waals surface area contributed by atoms with Gasteiger partial charge in [-0.25, -0.2) is 8.42 Å². The molecule has 29 heavy (non-hydrogen) atoms. The van der Waals surface area contributed by atoms with Crippen LogP contribution in [0.15, 0.2) is 41.3 Å². The van der Waals surface area contributed by atoms with E-state index >= 15 is 0 Å². The van der Waals surface area contributed by atoms with E-state index in [0.717, 1.165) is 16.7 Å². The van der Waals surface area contributed by atoms with Crippen molar-refractivity contribution in [3.05, 3.63) is 53.1 Å². The van der Waals surface area contributed by atoms with Crippen LogP contribution in [0, 0.1) is 19.8 Å². The molecule has 0 saturated carbocycles. The number of aryl methyl sites for hydroxylation is 2. The Morgan fingerprint density at radius 1 is 0.966 bits per heavy atom. The summed E-state index contributed by atoms with van der Waals surface area (Å²) < 4.78 is 37.9. The fourth-order valence-electron chi connectivity index (χ4n) is 3.79. The molecule has 0 amide bonds. The van der Waals surface area contributed by atoms with Gasteiger partial charge in [0, 0.05) is 30.6 Å². The van der Waals surface area contributed by atoms with Crippen molar-refractivity contribution in [2.75, 3.05) is 27.3 Å². The molecule has 1 heterocycles. The maximum atomic E-state index is 13.0. The summed E-state index contributed by atoms with van der Waals surface area (Å²) in [5.41, 5.74) is 2.82. The van der Waals surface area contributed by atoms with Crippen molar-refractivity contribution in [2.24, 2.45) is 5.92 Å².